The van der Waals surface area contributed by atoms with Crippen LogP contribution in [0.25, 0.3) is 6.08 Å². The Hall–Kier alpha value is -2.76. The van der Waals surface area contributed by atoms with Gasteiger partial charge in [0.05, 0.1) is 0 Å². The quantitative estimate of drug-likeness (QED) is 0.821. The lowest BCUT2D eigenvalue weighted by atomic mass is 9.94. The van der Waals surface area contributed by atoms with E-state index in [4.69, 9.17) is 10.00 Å². The molecule has 1 aromatic carbocycles. The monoisotopic (exact) mass is 384 g/mol. The lowest BCUT2D eigenvalue weighted by Crippen LogP contribution is -2.38. The fourth-order valence-corrected chi connectivity index (χ4v) is 4.06. The van der Waals surface area contributed by atoms with Gasteiger partial charge in [-0.3, -0.25) is 0 Å². The molecule has 1 fully saturated rings. The number of sulfonamides is 1. The van der Waals surface area contributed by atoms with Gasteiger partial charge in [-0.1, -0.05) is 30.3 Å². The second-order valence-corrected chi connectivity index (χ2v) is 7.89. The number of hydrogen-bond donors (Lipinski definition) is 1. The third-order valence-electron chi connectivity index (χ3n) is 4.29. The average Bonchev–Trinajstić information content (AvgIpc) is 2.69. The van der Waals surface area contributed by atoms with E-state index in [1.54, 1.807) is 6.08 Å². The first-order valence-electron chi connectivity index (χ1n) is 8.69. The van der Waals surface area contributed by atoms with Crippen LogP contribution >= 0.6 is 0 Å². The van der Waals surface area contributed by atoms with Crippen LogP contribution < -0.4 is 9.46 Å². The number of nitriles is 1. The van der Waals surface area contributed by atoms with E-state index in [1.807, 2.05) is 36.4 Å². The summed E-state index contributed by atoms with van der Waals surface area (Å²) in [5.41, 5.74) is 0.989. The fourth-order valence-electron chi connectivity index (χ4n) is 2.95. The largest absolute Gasteiger partial charge is 0.472 e. The first-order chi connectivity index (χ1) is 13.1. The van der Waals surface area contributed by atoms with Gasteiger partial charge in [0.25, 0.3) is 5.88 Å². The molecule has 7 nitrogen and oxygen atoms in total. The standard InChI is InChI=1S/C19H20N4O3S/c20-14-18-19(22-12-11-21-18)26-17-8-6-16(7-9-17)23-27(24,25)13-10-15-4-2-1-3-5-15/h1-5,10-13,16-17,23H,6-9H2/b13-10+. The average molecular weight is 384 g/mol. The molecule has 0 radical (unpaired) electrons. The molecule has 0 bridgehead atoms. The Morgan fingerprint density at radius 2 is 1.81 bits per heavy atom. The van der Waals surface area contributed by atoms with E-state index in [0.29, 0.717) is 25.7 Å². The molecule has 0 unspecified atom stereocenters. The minimum Gasteiger partial charge on any atom is -0.472 e. The molecular weight excluding hydrogens is 364 g/mol. The van der Waals surface area contributed by atoms with Crippen molar-refractivity contribution in [1.82, 2.24) is 14.7 Å². The van der Waals surface area contributed by atoms with Gasteiger partial charge < -0.3 is 4.74 Å². The van der Waals surface area contributed by atoms with Crippen LogP contribution in [0.1, 0.15) is 36.9 Å². The van der Waals surface area contributed by atoms with Gasteiger partial charge in [0.1, 0.15) is 12.2 Å². The Bertz CT molecular complexity index is 931. The maximum Gasteiger partial charge on any atom is 0.251 e. The summed E-state index contributed by atoms with van der Waals surface area (Å²) in [4.78, 5) is 7.97. The van der Waals surface area contributed by atoms with E-state index in [1.165, 1.54) is 17.8 Å². The molecule has 3 rings (SSSR count). The van der Waals surface area contributed by atoms with Gasteiger partial charge in [-0.25, -0.2) is 23.1 Å². The minimum atomic E-state index is -3.50. The van der Waals surface area contributed by atoms with Crippen LogP contribution in [0.2, 0.25) is 0 Å². The summed E-state index contributed by atoms with van der Waals surface area (Å²) in [5, 5.41) is 10.2. The topological polar surface area (TPSA) is 105 Å². The molecule has 0 saturated heterocycles. The number of benzene rings is 1. The van der Waals surface area contributed by atoms with Crippen LogP contribution in [-0.4, -0.2) is 30.5 Å². The first kappa shape index (κ1) is 19.0. The van der Waals surface area contributed by atoms with Crippen LogP contribution in [0.15, 0.2) is 48.1 Å². The van der Waals surface area contributed by atoms with Crippen molar-refractivity contribution in [2.45, 2.75) is 37.8 Å². The Morgan fingerprint density at radius 1 is 1.11 bits per heavy atom. The summed E-state index contributed by atoms with van der Waals surface area (Å²) >= 11 is 0. The molecule has 0 spiro atoms. The van der Waals surface area contributed by atoms with Crippen LogP contribution in [0.5, 0.6) is 5.88 Å². The molecule has 0 atom stereocenters. The maximum atomic E-state index is 12.2. The molecule has 1 heterocycles. The van der Waals surface area contributed by atoms with E-state index in [-0.39, 0.29) is 23.7 Å². The summed E-state index contributed by atoms with van der Waals surface area (Å²) in [6, 6.07) is 11.1. The molecule has 1 aliphatic carbocycles. The van der Waals surface area contributed by atoms with Gasteiger partial charge in [0.15, 0.2) is 0 Å². The highest BCUT2D eigenvalue weighted by Gasteiger charge is 2.26. The third-order valence-corrected chi connectivity index (χ3v) is 5.45. The summed E-state index contributed by atoms with van der Waals surface area (Å²) in [7, 11) is -3.50. The second kappa shape index (κ2) is 8.75. The van der Waals surface area contributed by atoms with Crippen LogP contribution in [-0.2, 0) is 10.0 Å². The fraction of sp³-hybridized carbons (Fsp3) is 0.316. The van der Waals surface area contributed by atoms with Gasteiger partial charge in [-0.05, 0) is 37.3 Å². The lowest BCUT2D eigenvalue weighted by molar-refractivity contribution is 0.137. The first-order valence-corrected chi connectivity index (χ1v) is 10.2. The third kappa shape index (κ3) is 5.61. The van der Waals surface area contributed by atoms with Crippen molar-refractivity contribution in [3.8, 4) is 11.9 Å². The highest BCUT2D eigenvalue weighted by molar-refractivity contribution is 7.92. The normalized spacial score (nSPS) is 20.3. The molecular formula is C19H20N4O3S. The van der Waals surface area contributed by atoms with Crippen LogP contribution in [0.4, 0.5) is 0 Å². The van der Waals surface area contributed by atoms with Gasteiger partial charge in [0, 0.05) is 23.8 Å². The molecule has 1 N–H and O–H groups in total. The smallest absolute Gasteiger partial charge is 0.251 e. The lowest BCUT2D eigenvalue weighted by Gasteiger charge is -2.28. The number of aromatic nitrogens is 2. The Labute approximate surface area is 158 Å². The van der Waals surface area contributed by atoms with E-state index in [2.05, 4.69) is 14.7 Å². The molecule has 1 saturated carbocycles. The zero-order valence-electron chi connectivity index (χ0n) is 14.7. The molecule has 1 aromatic heterocycles. The van der Waals surface area contributed by atoms with Crippen molar-refractivity contribution in [2.75, 3.05) is 0 Å². The molecule has 140 valence electrons. The van der Waals surface area contributed by atoms with Crippen molar-refractivity contribution in [3.05, 3.63) is 59.4 Å². The van der Waals surface area contributed by atoms with E-state index >= 15 is 0 Å². The van der Waals surface area contributed by atoms with Gasteiger partial charge in [-0.2, -0.15) is 5.26 Å². The van der Waals surface area contributed by atoms with E-state index in [9.17, 15) is 8.42 Å². The molecule has 0 amide bonds. The minimum absolute atomic E-state index is 0.102. The summed E-state index contributed by atoms with van der Waals surface area (Å²) in [5.74, 6) is 0.231. The highest BCUT2D eigenvalue weighted by atomic mass is 32.2. The highest BCUT2D eigenvalue weighted by Crippen LogP contribution is 2.24. The number of hydrogen-bond acceptors (Lipinski definition) is 6. The number of nitrogens with zero attached hydrogens (tertiary/aromatic N) is 3. The number of ether oxygens (including phenoxy) is 1. The predicted octanol–water partition coefficient (Wildman–Crippen LogP) is 2.63. The summed E-state index contributed by atoms with van der Waals surface area (Å²) in [6.45, 7) is 0. The SMILES string of the molecule is N#Cc1nccnc1OC1CCC(NS(=O)(=O)/C=C/c2ccccc2)CC1. The van der Waals surface area contributed by atoms with Crippen molar-refractivity contribution in [2.24, 2.45) is 0 Å². The van der Waals surface area contributed by atoms with Crippen molar-refractivity contribution in [1.29, 1.82) is 5.26 Å². The van der Waals surface area contributed by atoms with Crippen molar-refractivity contribution < 1.29 is 13.2 Å². The zero-order chi connectivity index (χ0) is 19.1. The second-order valence-electron chi connectivity index (χ2n) is 6.29. The Balaban J connectivity index is 1.52. The van der Waals surface area contributed by atoms with Gasteiger partial charge >= 0.3 is 0 Å². The van der Waals surface area contributed by atoms with Gasteiger partial charge in [-0.15, -0.1) is 0 Å². The van der Waals surface area contributed by atoms with Crippen molar-refractivity contribution >= 4 is 16.1 Å². The van der Waals surface area contributed by atoms with Crippen LogP contribution in [0.3, 0.4) is 0 Å². The van der Waals surface area contributed by atoms with Crippen molar-refractivity contribution in [3.63, 3.8) is 0 Å². The molecule has 2 aromatic rings. The number of rotatable bonds is 6. The predicted molar refractivity (Wildman–Crippen MR) is 101 cm³/mol. The van der Waals surface area contributed by atoms with E-state index < -0.39 is 10.0 Å². The zero-order valence-corrected chi connectivity index (χ0v) is 15.5. The number of nitrogens with one attached hydrogen (secondary N) is 1. The Kier molecular flexibility index (Phi) is 6.16. The molecule has 27 heavy (non-hydrogen) atoms. The summed E-state index contributed by atoms with van der Waals surface area (Å²) < 4.78 is 33.0. The van der Waals surface area contributed by atoms with E-state index in [0.717, 1.165) is 5.56 Å². The molecule has 0 aliphatic heterocycles. The summed E-state index contributed by atoms with van der Waals surface area (Å²) in [6.07, 6.45) is 7.07. The molecule has 1 aliphatic rings. The maximum absolute atomic E-state index is 12.2. The Morgan fingerprint density at radius 3 is 2.52 bits per heavy atom. The van der Waals surface area contributed by atoms with Gasteiger partial charge in [0.2, 0.25) is 15.7 Å². The molecule has 8 heteroatoms. The van der Waals surface area contributed by atoms with Crippen LogP contribution in [0, 0.1) is 11.3 Å².